The molecule has 5 heterocycles. The lowest BCUT2D eigenvalue weighted by atomic mass is 9.94. The van der Waals surface area contributed by atoms with Gasteiger partial charge < -0.3 is 4.57 Å². The van der Waals surface area contributed by atoms with Gasteiger partial charge in [-0.05, 0) is 97.6 Å². The molecule has 76 heavy (non-hydrogen) atoms. The molecule has 0 saturated carbocycles. The summed E-state index contributed by atoms with van der Waals surface area (Å²) in [6.07, 6.45) is 0. The maximum absolute atomic E-state index is 5.56. The van der Waals surface area contributed by atoms with Crippen molar-refractivity contribution in [2.24, 2.45) is 0 Å². The Hall–Kier alpha value is -9.95. The maximum Gasteiger partial charge on any atom is 0.240 e. The molecule has 6 nitrogen and oxygen atoms in total. The molecule has 0 N–H and O–H groups in total. The van der Waals surface area contributed by atoms with Crippen molar-refractivity contribution in [3.05, 3.63) is 267 Å². The van der Waals surface area contributed by atoms with Crippen molar-refractivity contribution in [3.8, 4) is 51.2 Å². The van der Waals surface area contributed by atoms with Crippen LogP contribution >= 0.6 is 0 Å². The second-order valence-corrected chi connectivity index (χ2v) is 23.6. The molecule has 0 radical (unpaired) electrons. The van der Waals surface area contributed by atoms with Crippen LogP contribution in [-0.4, -0.2) is 36.7 Å². The van der Waals surface area contributed by atoms with E-state index in [1.807, 2.05) is 0 Å². The second kappa shape index (κ2) is 16.5. The first kappa shape index (κ1) is 42.5. The third-order valence-electron chi connectivity index (χ3n) is 16.0. The van der Waals surface area contributed by atoms with Crippen molar-refractivity contribution in [1.82, 2.24) is 28.7 Å². The first-order chi connectivity index (χ1) is 37.7. The third kappa shape index (κ3) is 6.06. The van der Waals surface area contributed by atoms with E-state index in [0.717, 1.165) is 54.9 Å². The number of fused-ring (bicyclic) bond motifs is 14. The van der Waals surface area contributed by atoms with E-state index in [1.165, 1.54) is 64.8 Å². The first-order valence-electron chi connectivity index (χ1n) is 25.9. The molecule has 0 spiro atoms. The fraction of sp³-hybridized carbons (Fsp3) is 0. The average Bonchev–Trinajstić information content (AvgIpc) is 4.25. The summed E-state index contributed by atoms with van der Waals surface area (Å²) in [6.45, 7) is 0. The molecule has 4 aromatic heterocycles. The zero-order valence-corrected chi connectivity index (χ0v) is 42.1. The van der Waals surface area contributed by atoms with Crippen LogP contribution in [0.5, 0.6) is 0 Å². The van der Waals surface area contributed by atoms with Crippen LogP contribution in [0.25, 0.3) is 117 Å². The highest BCUT2D eigenvalue weighted by atomic mass is 28.3. The van der Waals surface area contributed by atoms with Gasteiger partial charge in [-0.15, -0.1) is 0 Å². The van der Waals surface area contributed by atoms with Crippen molar-refractivity contribution in [3.63, 3.8) is 0 Å². The van der Waals surface area contributed by atoms with Crippen LogP contribution in [0, 0.1) is 0 Å². The van der Waals surface area contributed by atoms with Gasteiger partial charge >= 0.3 is 0 Å². The Morgan fingerprint density at radius 1 is 0.263 bits per heavy atom. The molecule has 0 aliphatic carbocycles. The molecule has 1 atom stereocenters. The second-order valence-electron chi connectivity index (χ2n) is 19.9. The quantitative estimate of drug-likeness (QED) is 0.156. The molecule has 0 saturated heterocycles. The van der Waals surface area contributed by atoms with Crippen LogP contribution in [0.4, 0.5) is 0 Å². The smallest absolute Gasteiger partial charge is 0.240 e. The predicted molar refractivity (Wildman–Crippen MR) is 316 cm³/mol. The van der Waals surface area contributed by atoms with Crippen molar-refractivity contribution in [2.45, 2.75) is 0 Å². The van der Waals surface area contributed by atoms with Crippen LogP contribution in [0.3, 0.4) is 0 Å². The number of benzene rings is 11. The van der Waals surface area contributed by atoms with Gasteiger partial charge in [0.25, 0.3) is 0 Å². The zero-order chi connectivity index (χ0) is 49.9. The van der Waals surface area contributed by atoms with Gasteiger partial charge in [0.05, 0.1) is 33.1 Å². The van der Waals surface area contributed by atoms with Crippen molar-refractivity contribution in [2.75, 3.05) is 0 Å². The van der Waals surface area contributed by atoms with Crippen LogP contribution in [0.1, 0.15) is 0 Å². The normalized spacial score (nSPS) is 14.1. The van der Waals surface area contributed by atoms with Crippen molar-refractivity contribution in [1.29, 1.82) is 0 Å². The predicted octanol–water partition coefficient (Wildman–Crippen LogP) is 13.9. The lowest BCUT2D eigenvalue weighted by Gasteiger charge is -2.36. The lowest BCUT2D eigenvalue weighted by Crippen LogP contribution is -2.75. The average molecular weight is 985 g/mol. The first-order valence-corrected chi connectivity index (χ1v) is 27.9. The number of aromatic nitrogens is 6. The highest BCUT2D eigenvalue weighted by Gasteiger charge is 2.47. The molecule has 15 aromatic rings. The van der Waals surface area contributed by atoms with Gasteiger partial charge in [0, 0.05) is 43.6 Å². The van der Waals surface area contributed by atoms with Crippen molar-refractivity contribution < 1.29 is 0 Å². The summed E-state index contributed by atoms with van der Waals surface area (Å²) < 4.78 is 6.83. The van der Waals surface area contributed by atoms with Gasteiger partial charge in [-0.25, -0.2) is 0 Å². The fourth-order valence-electron chi connectivity index (χ4n) is 12.9. The Morgan fingerprint density at radius 2 is 0.684 bits per heavy atom. The summed E-state index contributed by atoms with van der Waals surface area (Å²) in [4.78, 5) is 16.6. The SMILES string of the molecule is c1ccc(-n2c3ccccc3c3cc([Si]4(c5ccccc5)c5ccccc5-c5ccccc5-c5cc(-c6nc(-n7c8ccccc8c8ccccc87)nc(-n7c8ccccc8c8ccccc87)n6)ccc54)ccc32)cc1. The van der Waals surface area contributed by atoms with Crippen LogP contribution < -0.4 is 20.7 Å². The molecule has 16 rings (SSSR count). The maximum atomic E-state index is 5.56. The van der Waals surface area contributed by atoms with E-state index in [0.29, 0.717) is 17.7 Å². The summed E-state index contributed by atoms with van der Waals surface area (Å²) in [7, 11) is -3.22. The molecule has 0 amide bonds. The standard InChI is InChI=1S/C69H44N6Si/c1-3-21-46(22-4-1)73-59-33-15-13-31-55(59)57-44-48(40-41-64(57)73)76(47-23-5-2-6-24-47)65-38-20-14-32-56(65)49-25-7-8-26-50(49)58-43-45(39-42-66(58)76)67-70-68(74-60-34-16-9-27-51(60)52-28-10-17-35-61(52)74)72-69(71-67)75-62-36-18-11-29-53(62)54-30-12-19-37-63(54)75/h1-44H. The van der Waals surface area contributed by atoms with Crippen LogP contribution in [0.2, 0.25) is 0 Å². The minimum Gasteiger partial charge on any atom is -0.309 e. The monoisotopic (exact) mass is 984 g/mol. The summed E-state index contributed by atoms with van der Waals surface area (Å²) in [6, 6.07) is 97.7. The molecular weight excluding hydrogens is 941 g/mol. The van der Waals surface area contributed by atoms with E-state index in [-0.39, 0.29) is 0 Å². The van der Waals surface area contributed by atoms with Gasteiger partial charge in [-0.3, -0.25) is 9.13 Å². The molecule has 1 aliphatic rings. The lowest BCUT2D eigenvalue weighted by molar-refractivity contribution is 0.893. The van der Waals surface area contributed by atoms with Gasteiger partial charge in [-0.1, -0.05) is 212 Å². The number of hydrogen-bond acceptors (Lipinski definition) is 3. The molecular formula is C69H44N6Si. The minimum atomic E-state index is -3.22. The largest absolute Gasteiger partial charge is 0.309 e. The topological polar surface area (TPSA) is 53.5 Å². The molecule has 11 aromatic carbocycles. The Morgan fingerprint density at radius 3 is 1.25 bits per heavy atom. The van der Waals surface area contributed by atoms with E-state index >= 15 is 0 Å². The molecule has 0 bridgehead atoms. The number of nitrogens with zero attached hydrogens (tertiary/aromatic N) is 6. The van der Waals surface area contributed by atoms with E-state index in [2.05, 4.69) is 281 Å². The molecule has 0 fully saturated rings. The zero-order valence-electron chi connectivity index (χ0n) is 41.1. The Balaban J connectivity index is 1.01. The summed E-state index contributed by atoms with van der Waals surface area (Å²) in [5.41, 5.74) is 13.4. The van der Waals surface area contributed by atoms with E-state index < -0.39 is 8.07 Å². The van der Waals surface area contributed by atoms with E-state index in [1.54, 1.807) is 0 Å². The Bertz CT molecular complexity index is 4600. The number of para-hydroxylation sites is 6. The Kier molecular flexibility index (Phi) is 9.25. The highest BCUT2D eigenvalue weighted by Crippen LogP contribution is 2.40. The third-order valence-corrected chi connectivity index (χ3v) is 20.9. The highest BCUT2D eigenvalue weighted by molar-refractivity contribution is 7.21. The molecule has 7 heteroatoms. The summed E-state index contributed by atoms with van der Waals surface area (Å²) in [5.74, 6) is 1.70. The van der Waals surface area contributed by atoms with E-state index in [4.69, 9.17) is 15.0 Å². The molecule has 1 unspecified atom stereocenters. The van der Waals surface area contributed by atoms with Gasteiger partial charge in [0.2, 0.25) is 11.9 Å². The minimum absolute atomic E-state index is 0.554. The van der Waals surface area contributed by atoms with Crippen LogP contribution in [0.15, 0.2) is 267 Å². The van der Waals surface area contributed by atoms with Gasteiger partial charge in [0.15, 0.2) is 13.9 Å². The molecule has 1 aliphatic heterocycles. The van der Waals surface area contributed by atoms with Crippen LogP contribution in [-0.2, 0) is 0 Å². The summed E-state index contributed by atoms with van der Waals surface area (Å²) in [5, 5.41) is 12.3. The van der Waals surface area contributed by atoms with E-state index in [9.17, 15) is 0 Å². The summed E-state index contributed by atoms with van der Waals surface area (Å²) >= 11 is 0. The number of rotatable bonds is 6. The van der Waals surface area contributed by atoms with Gasteiger partial charge in [-0.2, -0.15) is 15.0 Å². The van der Waals surface area contributed by atoms with Crippen molar-refractivity contribution >= 4 is 94.2 Å². The number of hydrogen-bond donors (Lipinski definition) is 0. The van der Waals surface area contributed by atoms with Gasteiger partial charge in [0.1, 0.15) is 0 Å². The molecule has 354 valence electrons. The fourth-order valence-corrected chi connectivity index (χ4v) is 18.0. The Labute approximate surface area is 438 Å².